The molecule has 3 atom stereocenters. The van der Waals surface area contributed by atoms with Gasteiger partial charge in [-0.25, -0.2) is 24.3 Å². The fraction of sp³-hybridized carbons (Fsp3) is 0.375. The summed E-state index contributed by atoms with van der Waals surface area (Å²) in [5.74, 6) is 3.57. The Morgan fingerprint density at radius 1 is 1.23 bits per heavy atom. The number of ether oxygens (including phenoxy) is 2. The van der Waals surface area contributed by atoms with Crippen molar-refractivity contribution in [1.82, 2.24) is 19.9 Å². The van der Waals surface area contributed by atoms with Crippen molar-refractivity contribution in [2.24, 2.45) is 16.6 Å². The van der Waals surface area contributed by atoms with Crippen molar-refractivity contribution >= 4 is 39.5 Å². The topological polar surface area (TPSA) is 120 Å². The van der Waals surface area contributed by atoms with E-state index in [1.807, 2.05) is 26.8 Å². The fourth-order valence-corrected chi connectivity index (χ4v) is 5.28. The predicted molar refractivity (Wildman–Crippen MR) is 136 cm³/mol. The van der Waals surface area contributed by atoms with Gasteiger partial charge in [-0.15, -0.1) is 6.42 Å². The molecule has 3 N–H and O–H groups in total. The Morgan fingerprint density at radius 2 is 2.03 bits per heavy atom. The molecule has 3 aromatic heterocycles. The second-order valence-electron chi connectivity index (χ2n) is 8.53. The van der Waals surface area contributed by atoms with E-state index < -0.39 is 17.0 Å². The van der Waals surface area contributed by atoms with E-state index in [1.54, 1.807) is 18.5 Å². The number of fused-ring (bicyclic) bond motifs is 1. The standard InChI is InChI=1S/C24H26FN7O2S/c1-6-7-34-16-9-18-19(27-11-16)20(30-13-29-18)31-15-8-17(21(33-5)28-10-15)24(4)14(2)23(3,12-25)35-22(26)32-24/h1,8-11,13-14H,7,12H2,2-5H3,(H2,26,32)(H,29,30,31)/t14-,23-,24+/m1/s1. The quantitative estimate of drug-likeness (QED) is 0.471. The highest BCUT2D eigenvalue weighted by atomic mass is 32.2. The predicted octanol–water partition coefficient (Wildman–Crippen LogP) is 3.83. The third-order valence-corrected chi connectivity index (χ3v) is 7.56. The number of aliphatic imine (C=N–C) groups is 1. The molecule has 11 heteroatoms. The van der Waals surface area contributed by atoms with Gasteiger partial charge in [-0.2, -0.15) is 0 Å². The zero-order valence-electron chi connectivity index (χ0n) is 19.9. The van der Waals surface area contributed by atoms with Crippen LogP contribution in [0.5, 0.6) is 11.6 Å². The normalized spacial score (nSPS) is 23.9. The van der Waals surface area contributed by atoms with Gasteiger partial charge in [0.25, 0.3) is 0 Å². The van der Waals surface area contributed by atoms with Crippen molar-refractivity contribution in [2.45, 2.75) is 31.1 Å². The molecule has 0 radical (unpaired) electrons. The molecule has 0 bridgehead atoms. The van der Waals surface area contributed by atoms with Gasteiger partial charge < -0.3 is 20.5 Å². The number of nitrogens with one attached hydrogen (secondary N) is 1. The van der Waals surface area contributed by atoms with Crippen LogP contribution >= 0.6 is 11.8 Å². The lowest BCUT2D eigenvalue weighted by molar-refractivity contribution is 0.219. The molecule has 182 valence electrons. The molecular weight excluding hydrogens is 469 g/mol. The van der Waals surface area contributed by atoms with Gasteiger partial charge in [-0.05, 0) is 19.9 Å². The summed E-state index contributed by atoms with van der Waals surface area (Å²) in [7, 11) is 1.54. The molecule has 3 aromatic rings. The number of nitrogens with two attached hydrogens (primary N) is 1. The summed E-state index contributed by atoms with van der Waals surface area (Å²) >= 11 is 1.25. The molecule has 0 spiro atoms. The Bertz CT molecular complexity index is 1330. The Balaban J connectivity index is 1.74. The van der Waals surface area contributed by atoms with Gasteiger partial charge >= 0.3 is 0 Å². The summed E-state index contributed by atoms with van der Waals surface area (Å²) in [6, 6.07) is 3.61. The first kappa shape index (κ1) is 24.5. The molecule has 1 aliphatic heterocycles. The second kappa shape index (κ2) is 9.54. The number of alkyl halides is 1. The molecule has 4 heterocycles. The van der Waals surface area contributed by atoms with E-state index in [0.717, 1.165) is 0 Å². The van der Waals surface area contributed by atoms with E-state index in [2.05, 4.69) is 31.2 Å². The third kappa shape index (κ3) is 4.53. The van der Waals surface area contributed by atoms with Crippen LogP contribution in [0.1, 0.15) is 26.3 Å². The smallest absolute Gasteiger partial charge is 0.218 e. The molecule has 0 aromatic carbocycles. The molecule has 4 rings (SSSR count). The lowest BCUT2D eigenvalue weighted by Crippen LogP contribution is -2.49. The molecular formula is C24H26FN7O2S. The number of aromatic nitrogens is 4. The van der Waals surface area contributed by atoms with Crippen LogP contribution in [0.2, 0.25) is 0 Å². The number of thioether (sulfide) groups is 1. The van der Waals surface area contributed by atoms with Crippen LogP contribution in [0.3, 0.4) is 0 Å². The summed E-state index contributed by atoms with van der Waals surface area (Å²) in [6.07, 6.45) is 9.86. The van der Waals surface area contributed by atoms with E-state index in [1.165, 1.54) is 25.2 Å². The van der Waals surface area contributed by atoms with Gasteiger partial charge in [-0.1, -0.05) is 24.6 Å². The van der Waals surface area contributed by atoms with Crippen molar-refractivity contribution in [3.8, 4) is 24.0 Å². The van der Waals surface area contributed by atoms with Gasteiger partial charge in [0.1, 0.15) is 30.9 Å². The molecule has 0 saturated heterocycles. The van der Waals surface area contributed by atoms with Crippen LogP contribution in [0.4, 0.5) is 15.9 Å². The lowest BCUT2D eigenvalue weighted by atomic mass is 9.74. The van der Waals surface area contributed by atoms with E-state index in [4.69, 9.17) is 26.6 Å². The van der Waals surface area contributed by atoms with Crippen molar-refractivity contribution < 1.29 is 13.9 Å². The Labute approximate surface area is 207 Å². The number of anilines is 2. The summed E-state index contributed by atoms with van der Waals surface area (Å²) < 4.78 is 24.3. The van der Waals surface area contributed by atoms with Crippen LogP contribution < -0.4 is 20.5 Å². The van der Waals surface area contributed by atoms with Crippen molar-refractivity contribution in [3.63, 3.8) is 0 Å². The molecule has 0 saturated carbocycles. The maximum absolute atomic E-state index is 14.1. The first-order valence-corrected chi connectivity index (χ1v) is 11.6. The number of terminal acetylenes is 1. The van der Waals surface area contributed by atoms with Crippen LogP contribution in [-0.4, -0.2) is 50.2 Å². The van der Waals surface area contributed by atoms with E-state index >= 15 is 0 Å². The van der Waals surface area contributed by atoms with Crippen molar-refractivity contribution in [2.75, 3.05) is 25.7 Å². The lowest BCUT2D eigenvalue weighted by Gasteiger charge is -2.46. The van der Waals surface area contributed by atoms with Gasteiger partial charge in [0.2, 0.25) is 5.88 Å². The minimum Gasteiger partial charge on any atom is -0.481 e. The summed E-state index contributed by atoms with van der Waals surface area (Å²) in [6.45, 7) is 5.31. The number of methoxy groups -OCH3 is 1. The SMILES string of the molecule is C#CCOc1cnc2c(Nc3cnc(OC)c([C@@]4(C)N=C(N)S[C@](C)(CF)[C@H]4C)c3)ncnc2c1. The van der Waals surface area contributed by atoms with Gasteiger partial charge in [0.05, 0.1) is 41.0 Å². The minimum absolute atomic E-state index is 0.133. The van der Waals surface area contributed by atoms with E-state index in [0.29, 0.717) is 44.9 Å². The molecule has 0 fully saturated rings. The number of nitrogens with zero attached hydrogens (tertiary/aromatic N) is 5. The number of halogens is 1. The third-order valence-electron chi connectivity index (χ3n) is 6.33. The monoisotopic (exact) mass is 495 g/mol. The summed E-state index contributed by atoms with van der Waals surface area (Å²) in [4.78, 5) is 22.3. The van der Waals surface area contributed by atoms with Crippen LogP contribution in [0, 0.1) is 18.3 Å². The van der Waals surface area contributed by atoms with Crippen molar-refractivity contribution in [1.29, 1.82) is 0 Å². The Hall–Kier alpha value is -3.65. The fourth-order valence-electron chi connectivity index (χ4n) is 4.11. The molecule has 0 aliphatic carbocycles. The van der Waals surface area contributed by atoms with Crippen LogP contribution in [0.15, 0.2) is 35.8 Å². The van der Waals surface area contributed by atoms with Crippen LogP contribution in [0.25, 0.3) is 11.0 Å². The average Bonchev–Trinajstić information content (AvgIpc) is 2.86. The maximum atomic E-state index is 14.1. The minimum atomic E-state index is -0.874. The van der Waals surface area contributed by atoms with E-state index in [9.17, 15) is 4.39 Å². The van der Waals surface area contributed by atoms with E-state index in [-0.39, 0.29) is 12.5 Å². The first-order chi connectivity index (χ1) is 16.7. The number of hydrogen-bond donors (Lipinski definition) is 2. The number of pyridine rings is 2. The molecule has 1 aliphatic rings. The van der Waals surface area contributed by atoms with Gasteiger partial charge in [0, 0.05) is 17.5 Å². The zero-order valence-corrected chi connectivity index (χ0v) is 20.7. The average molecular weight is 496 g/mol. The van der Waals surface area contributed by atoms with Crippen molar-refractivity contribution in [3.05, 3.63) is 36.4 Å². The number of rotatable bonds is 7. The number of amidine groups is 1. The zero-order chi connectivity index (χ0) is 25.2. The maximum Gasteiger partial charge on any atom is 0.218 e. The highest BCUT2D eigenvalue weighted by Crippen LogP contribution is 2.51. The Morgan fingerprint density at radius 3 is 2.74 bits per heavy atom. The van der Waals surface area contributed by atoms with Gasteiger partial charge in [0.15, 0.2) is 11.0 Å². The Kier molecular flexibility index (Phi) is 6.67. The summed E-state index contributed by atoms with van der Waals surface area (Å²) in [5, 5.41) is 3.57. The second-order valence-corrected chi connectivity index (χ2v) is 10.1. The highest BCUT2D eigenvalue weighted by Gasteiger charge is 2.50. The molecule has 35 heavy (non-hydrogen) atoms. The molecule has 0 unspecified atom stereocenters. The van der Waals surface area contributed by atoms with Crippen LogP contribution in [-0.2, 0) is 5.54 Å². The largest absolute Gasteiger partial charge is 0.481 e. The number of hydrogen-bond acceptors (Lipinski definition) is 10. The highest BCUT2D eigenvalue weighted by molar-refractivity contribution is 8.15. The summed E-state index contributed by atoms with van der Waals surface area (Å²) in [5.41, 5.74) is 7.69. The van der Waals surface area contributed by atoms with Gasteiger partial charge in [-0.3, -0.25) is 4.99 Å². The molecule has 0 amide bonds. The first-order valence-electron chi connectivity index (χ1n) is 10.8. The molecule has 9 nitrogen and oxygen atoms in total.